The highest BCUT2D eigenvalue weighted by Crippen LogP contribution is 2.64. The van der Waals surface area contributed by atoms with Crippen LogP contribution in [0.5, 0.6) is 0 Å². The van der Waals surface area contributed by atoms with Crippen molar-refractivity contribution in [3.63, 3.8) is 0 Å². The summed E-state index contributed by atoms with van der Waals surface area (Å²) in [5, 5.41) is 0. The molecule has 216 valence electrons. The molecule has 0 nitrogen and oxygen atoms in total. The summed E-state index contributed by atoms with van der Waals surface area (Å²) in [5.74, 6) is 15.3. The van der Waals surface area contributed by atoms with Crippen molar-refractivity contribution in [2.45, 2.75) is 155 Å². The van der Waals surface area contributed by atoms with Crippen LogP contribution in [0.3, 0.4) is 0 Å². The van der Waals surface area contributed by atoms with Gasteiger partial charge in [0.2, 0.25) is 0 Å². The van der Waals surface area contributed by atoms with Crippen molar-refractivity contribution in [1.29, 1.82) is 0 Å². The molecule has 7 aliphatic rings. The highest BCUT2D eigenvalue weighted by atomic mass is 14.6. The second-order valence-electron chi connectivity index (χ2n) is 16.8. The molecule has 0 bridgehead atoms. The van der Waals surface area contributed by atoms with Gasteiger partial charge >= 0.3 is 0 Å². The van der Waals surface area contributed by atoms with Gasteiger partial charge in [0.25, 0.3) is 0 Å². The topological polar surface area (TPSA) is 0 Å². The first-order valence-corrected chi connectivity index (χ1v) is 18.7. The highest BCUT2D eigenvalue weighted by Gasteiger charge is 2.56. The molecule has 0 heteroatoms. The smallest absolute Gasteiger partial charge is 0.0321 e. The maximum atomic E-state index is 2.81. The predicted octanol–water partition coefficient (Wildman–Crippen LogP) is 11.3. The summed E-state index contributed by atoms with van der Waals surface area (Å²) in [5.41, 5.74) is 0. The van der Waals surface area contributed by atoms with Gasteiger partial charge in [-0.25, -0.2) is 0 Å². The van der Waals surface area contributed by atoms with E-state index in [2.05, 4.69) is 13.8 Å². The molecule has 0 spiro atoms. The van der Waals surface area contributed by atoms with Crippen molar-refractivity contribution in [1.82, 2.24) is 0 Å². The first kappa shape index (κ1) is 26.9. The Bertz CT molecular complexity index is 744. The number of hydrogen-bond acceptors (Lipinski definition) is 0. The van der Waals surface area contributed by atoms with Crippen LogP contribution in [0.25, 0.3) is 0 Å². The molecule has 7 aliphatic carbocycles. The van der Waals surface area contributed by atoms with Crippen molar-refractivity contribution < 1.29 is 0 Å². The van der Waals surface area contributed by atoms with E-state index < -0.39 is 0 Å². The van der Waals surface area contributed by atoms with Crippen LogP contribution in [-0.4, -0.2) is 0 Å². The molecule has 0 saturated heterocycles. The third kappa shape index (κ3) is 4.89. The van der Waals surface area contributed by atoms with Crippen LogP contribution in [0.15, 0.2) is 0 Å². The Kier molecular flexibility index (Phi) is 8.28. The van der Waals surface area contributed by atoms with Crippen LogP contribution in [0.1, 0.15) is 155 Å². The van der Waals surface area contributed by atoms with Crippen molar-refractivity contribution >= 4 is 0 Å². The number of rotatable bonds is 3. The van der Waals surface area contributed by atoms with E-state index in [1.165, 1.54) is 19.3 Å². The molecule has 7 saturated carbocycles. The van der Waals surface area contributed by atoms with Gasteiger partial charge in [0.1, 0.15) is 0 Å². The lowest BCUT2D eigenvalue weighted by Gasteiger charge is -2.62. The maximum absolute atomic E-state index is 2.81. The van der Waals surface area contributed by atoms with Gasteiger partial charge in [-0.3, -0.25) is 0 Å². The molecule has 0 heterocycles. The quantitative estimate of drug-likeness (QED) is 0.347. The summed E-state index contributed by atoms with van der Waals surface area (Å²) in [7, 11) is 0. The Morgan fingerprint density at radius 1 is 0.316 bits per heavy atom. The second-order valence-corrected chi connectivity index (χ2v) is 16.8. The first-order chi connectivity index (χ1) is 18.7. The lowest BCUT2D eigenvalue weighted by atomic mass is 9.43. The minimum absolute atomic E-state index is 1.01. The Labute approximate surface area is 237 Å². The zero-order chi connectivity index (χ0) is 25.6. The molecule has 7 rings (SSSR count). The van der Waals surface area contributed by atoms with Crippen molar-refractivity contribution in [3.8, 4) is 0 Å². The molecular formula is C38H64. The lowest BCUT2D eigenvalue weighted by molar-refractivity contribution is -0.131. The van der Waals surface area contributed by atoms with Gasteiger partial charge in [-0.2, -0.15) is 0 Å². The minimum atomic E-state index is 1.01. The summed E-state index contributed by atoms with van der Waals surface area (Å²) < 4.78 is 0. The molecule has 0 aliphatic heterocycles. The maximum Gasteiger partial charge on any atom is -0.0321 e. The van der Waals surface area contributed by atoms with E-state index in [-0.39, 0.29) is 0 Å². The molecule has 0 N–H and O–H groups in total. The van der Waals surface area contributed by atoms with E-state index in [1.807, 2.05) is 0 Å². The Balaban J connectivity index is 1.16. The summed E-state index contributed by atoms with van der Waals surface area (Å²) >= 11 is 0. The van der Waals surface area contributed by atoms with Crippen molar-refractivity contribution in [2.75, 3.05) is 0 Å². The van der Waals surface area contributed by atoms with Gasteiger partial charge in [0.05, 0.1) is 0 Å². The molecule has 38 heavy (non-hydrogen) atoms. The fourth-order valence-electron chi connectivity index (χ4n) is 14.1. The lowest BCUT2D eigenvalue weighted by Crippen LogP contribution is -2.55. The summed E-state index contributed by atoms with van der Waals surface area (Å²) in [6.45, 7) is 5.45. The molecule has 7 fully saturated rings. The molecular weight excluding hydrogens is 456 g/mol. The normalized spacial score (nSPS) is 53.8. The third-order valence-corrected chi connectivity index (χ3v) is 15.5. The Morgan fingerprint density at radius 3 is 1.45 bits per heavy atom. The molecule has 12 atom stereocenters. The fourth-order valence-corrected chi connectivity index (χ4v) is 14.1. The van der Waals surface area contributed by atoms with Crippen LogP contribution >= 0.6 is 0 Å². The molecule has 0 aromatic carbocycles. The molecule has 0 aromatic rings. The second kappa shape index (κ2) is 11.7. The van der Waals surface area contributed by atoms with Crippen LogP contribution in [-0.2, 0) is 0 Å². The van der Waals surface area contributed by atoms with Crippen LogP contribution in [0, 0.1) is 82.9 Å². The predicted molar refractivity (Wildman–Crippen MR) is 162 cm³/mol. The van der Waals surface area contributed by atoms with E-state index in [0.29, 0.717) is 0 Å². The van der Waals surface area contributed by atoms with Crippen molar-refractivity contribution in [3.05, 3.63) is 0 Å². The van der Waals surface area contributed by atoms with Crippen LogP contribution in [0.4, 0.5) is 0 Å². The third-order valence-electron chi connectivity index (χ3n) is 15.5. The number of hydrogen-bond donors (Lipinski definition) is 0. The Morgan fingerprint density at radius 2 is 0.789 bits per heavy atom. The van der Waals surface area contributed by atoms with Gasteiger partial charge in [-0.15, -0.1) is 0 Å². The van der Waals surface area contributed by atoms with E-state index >= 15 is 0 Å². The molecule has 12 unspecified atom stereocenters. The summed E-state index contributed by atoms with van der Waals surface area (Å²) in [4.78, 5) is 0. The van der Waals surface area contributed by atoms with Gasteiger partial charge < -0.3 is 0 Å². The number of fused-ring (bicyclic) bond motifs is 3. The summed E-state index contributed by atoms with van der Waals surface area (Å²) in [6.07, 6.45) is 34.9. The molecule has 0 amide bonds. The van der Waals surface area contributed by atoms with E-state index in [9.17, 15) is 0 Å². The largest absolute Gasteiger partial charge is 0.0622 e. The van der Waals surface area contributed by atoms with E-state index in [0.717, 1.165) is 82.9 Å². The van der Waals surface area contributed by atoms with E-state index in [1.54, 1.807) is 122 Å². The molecule has 0 radical (unpaired) electrons. The average molecular weight is 521 g/mol. The minimum Gasteiger partial charge on any atom is -0.0622 e. The average Bonchev–Trinajstić information content (AvgIpc) is 2.96. The fraction of sp³-hybridized carbons (Fsp3) is 1.00. The van der Waals surface area contributed by atoms with Gasteiger partial charge in [-0.05, 0) is 147 Å². The van der Waals surface area contributed by atoms with Crippen LogP contribution in [0.2, 0.25) is 0 Å². The van der Waals surface area contributed by atoms with Crippen molar-refractivity contribution in [2.24, 2.45) is 82.9 Å². The molecule has 0 aromatic heterocycles. The van der Waals surface area contributed by atoms with Gasteiger partial charge in [0.15, 0.2) is 0 Å². The van der Waals surface area contributed by atoms with Crippen LogP contribution < -0.4 is 0 Å². The first-order valence-electron chi connectivity index (χ1n) is 18.7. The van der Waals surface area contributed by atoms with E-state index in [4.69, 9.17) is 0 Å². The summed E-state index contributed by atoms with van der Waals surface area (Å²) in [6, 6.07) is 0. The standard InChI is InChI=1S/C38H64/c1-25-12-3-6-15-30(25)31-20-11-21-32(26(31)2)38-35-18-9-7-16-33(35)37(34-17-8-10-19-36(34)38)29-23-22-27-13-4-5-14-28(27)24-29/h25-38H,3-24H2,1-2H3. The zero-order valence-electron chi connectivity index (χ0n) is 25.6. The zero-order valence-corrected chi connectivity index (χ0v) is 25.6. The Hall–Kier alpha value is 0. The highest BCUT2D eigenvalue weighted by molar-refractivity contribution is 5.05. The monoisotopic (exact) mass is 521 g/mol. The van der Waals surface area contributed by atoms with Gasteiger partial charge in [0, 0.05) is 0 Å². The van der Waals surface area contributed by atoms with Gasteiger partial charge in [-0.1, -0.05) is 90.9 Å². The SMILES string of the molecule is CC1CCCCC1C1CCCC(C2C3CCCCC3C(C3CCC4CCCCC4C3)C3CCCCC32)C1C.